The van der Waals surface area contributed by atoms with Crippen molar-refractivity contribution in [1.29, 1.82) is 0 Å². The van der Waals surface area contributed by atoms with Gasteiger partial charge in [-0.25, -0.2) is 0 Å². The lowest BCUT2D eigenvalue weighted by Crippen LogP contribution is -2.26. The van der Waals surface area contributed by atoms with E-state index in [0.717, 1.165) is 12.8 Å². The van der Waals surface area contributed by atoms with Crippen LogP contribution in [0, 0.1) is 5.92 Å². The highest BCUT2D eigenvalue weighted by Gasteiger charge is 2.28. The van der Waals surface area contributed by atoms with E-state index in [1.807, 2.05) is 0 Å². The molecule has 0 aliphatic heterocycles. The fraction of sp³-hybridized carbons (Fsp3) is 0.714. The van der Waals surface area contributed by atoms with Crippen molar-refractivity contribution in [2.45, 2.75) is 19.3 Å². The second kappa shape index (κ2) is 3.72. The van der Waals surface area contributed by atoms with Gasteiger partial charge in [0.05, 0.1) is 0 Å². The van der Waals surface area contributed by atoms with E-state index in [4.69, 9.17) is 11.6 Å². The number of hydrogen-bond donors (Lipinski definition) is 1. The van der Waals surface area contributed by atoms with Crippen LogP contribution in [0.15, 0.2) is 0 Å². The summed E-state index contributed by atoms with van der Waals surface area (Å²) in [5.74, 6) is 0.267. The van der Waals surface area contributed by atoms with E-state index in [9.17, 15) is 9.59 Å². The predicted octanol–water partition coefficient (Wildman–Crippen LogP) is 0.668. The van der Waals surface area contributed by atoms with Gasteiger partial charge < -0.3 is 5.32 Å². The van der Waals surface area contributed by atoms with Gasteiger partial charge in [-0.1, -0.05) is 0 Å². The number of carbonyl (C=O) groups is 2. The van der Waals surface area contributed by atoms with E-state index in [0.29, 0.717) is 6.54 Å². The second-order valence-electron chi connectivity index (χ2n) is 2.67. The van der Waals surface area contributed by atoms with Gasteiger partial charge in [0.15, 0.2) is 0 Å². The summed E-state index contributed by atoms with van der Waals surface area (Å²) in [6.07, 6.45) is 2.20. The standard InChI is InChI=1S/C7H10ClNO2/c8-6(10)3-4-9-7(11)5-1-2-5/h5H,1-4H2,(H,9,11). The molecule has 0 saturated heterocycles. The van der Waals surface area contributed by atoms with Crippen LogP contribution in [0.3, 0.4) is 0 Å². The Kier molecular flexibility index (Phi) is 2.88. The fourth-order valence-corrected chi connectivity index (χ4v) is 0.868. The Hall–Kier alpha value is -0.570. The van der Waals surface area contributed by atoms with Crippen LogP contribution in [0.25, 0.3) is 0 Å². The van der Waals surface area contributed by atoms with Crippen molar-refractivity contribution in [3.8, 4) is 0 Å². The molecule has 0 unspecified atom stereocenters. The first-order valence-electron chi connectivity index (χ1n) is 3.66. The number of rotatable bonds is 4. The Balaban J connectivity index is 2.02. The first kappa shape index (κ1) is 8.53. The first-order valence-corrected chi connectivity index (χ1v) is 4.04. The summed E-state index contributed by atoms with van der Waals surface area (Å²) in [5, 5.41) is 2.23. The molecule has 0 aromatic carbocycles. The number of nitrogens with one attached hydrogen (secondary N) is 1. The first-order chi connectivity index (χ1) is 5.20. The third-order valence-corrected chi connectivity index (χ3v) is 1.76. The van der Waals surface area contributed by atoms with Crippen LogP contribution >= 0.6 is 11.6 Å². The lowest BCUT2D eigenvalue weighted by atomic mass is 10.4. The van der Waals surface area contributed by atoms with E-state index in [1.54, 1.807) is 0 Å². The maximum atomic E-state index is 10.9. The molecule has 1 N–H and O–H groups in total. The maximum Gasteiger partial charge on any atom is 0.223 e. The zero-order valence-electron chi connectivity index (χ0n) is 6.10. The van der Waals surface area contributed by atoms with Gasteiger partial charge in [-0.3, -0.25) is 9.59 Å². The number of carbonyl (C=O) groups excluding carboxylic acids is 2. The minimum absolute atomic E-state index is 0.0583. The summed E-state index contributed by atoms with van der Waals surface area (Å²) < 4.78 is 0. The van der Waals surface area contributed by atoms with Gasteiger partial charge in [-0.05, 0) is 24.4 Å². The zero-order chi connectivity index (χ0) is 8.27. The molecule has 11 heavy (non-hydrogen) atoms. The van der Waals surface area contributed by atoms with Crippen molar-refractivity contribution < 1.29 is 9.59 Å². The van der Waals surface area contributed by atoms with Gasteiger partial charge in [-0.15, -0.1) is 0 Å². The van der Waals surface area contributed by atoms with Crippen molar-refractivity contribution in [2.75, 3.05) is 6.54 Å². The molecule has 4 heteroatoms. The minimum Gasteiger partial charge on any atom is -0.355 e. The average molecular weight is 176 g/mol. The summed E-state index contributed by atoms with van der Waals surface area (Å²) >= 11 is 5.07. The molecule has 0 aromatic heterocycles. The minimum atomic E-state index is -0.402. The molecule has 1 fully saturated rings. The van der Waals surface area contributed by atoms with Crippen LogP contribution in [0.1, 0.15) is 19.3 Å². The number of halogens is 1. The van der Waals surface area contributed by atoms with Crippen LogP contribution in [-0.4, -0.2) is 17.7 Å². The topological polar surface area (TPSA) is 46.2 Å². The molecule has 1 amide bonds. The summed E-state index contributed by atoms with van der Waals surface area (Å²) in [6, 6.07) is 0. The zero-order valence-corrected chi connectivity index (χ0v) is 6.86. The molecule has 62 valence electrons. The Morgan fingerprint density at radius 3 is 2.55 bits per heavy atom. The van der Waals surface area contributed by atoms with Crippen LogP contribution in [0.5, 0.6) is 0 Å². The van der Waals surface area contributed by atoms with Gasteiger partial charge >= 0.3 is 0 Å². The van der Waals surface area contributed by atoms with Crippen molar-refractivity contribution in [1.82, 2.24) is 5.32 Å². The number of amides is 1. The van der Waals surface area contributed by atoms with Crippen LogP contribution < -0.4 is 5.32 Å². The molecular weight excluding hydrogens is 166 g/mol. The molecule has 0 aromatic rings. The van der Waals surface area contributed by atoms with Crippen molar-refractivity contribution >= 4 is 22.8 Å². The molecule has 1 saturated carbocycles. The third kappa shape index (κ3) is 3.37. The summed E-state index contributed by atoms with van der Waals surface area (Å²) in [5.41, 5.74) is 0. The van der Waals surface area contributed by atoms with Gasteiger partial charge in [0.2, 0.25) is 11.1 Å². The SMILES string of the molecule is O=C(Cl)CCNC(=O)C1CC1. The molecule has 0 heterocycles. The Morgan fingerprint density at radius 1 is 1.45 bits per heavy atom. The van der Waals surface area contributed by atoms with Gasteiger partial charge in [-0.2, -0.15) is 0 Å². The molecule has 1 rings (SSSR count). The van der Waals surface area contributed by atoms with Gasteiger partial charge in [0.1, 0.15) is 0 Å². The molecule has 0 atom stereocenters. The Labute approximate surface area is 70.1 Å². The second-order valence-corrected chi connectivity index (χ2v) is 3.09. The molecule has 0 bridgehead atoms. The third-order valence-electron chi connectivity index (χ3n) is 1.57. The predicted molar refractivity (Wildman–Crippen MR) is 41.2 cm³/mol. The monoisotopic (exact) mass is 175 g/mol. The Bertz CT molecular complexity index is 177. The van der Waals surface area contributed by atoms with Crippen LogP contribution in [-0.2, 0) is 9.59 Å². The Morgan fingerprint density at radius 2 is 2.09 bits per heavy atom. The molecule has 1 aliphatic carbocycles. The highest BCUT2D eigenvalue weighted by Crippen LogP contribution is 2.28. The highest BCUT2D eigenvalue weighted by molar-refractivity contribution is 6.63. The van der Waals surface area contributed by atoms with Gasteiger partial charge in [0.25, 0.3) is 0 Å². The maximum absolute atomic E-state index is 10.9. The lowest BCUT2D eigenvalue weighted by Gasteiger charge is -1.99. The number of hydrogen-bond acceptors (Lipinski definition) is 2. The van der Waals surface area contributed by atoms with Crippen LogP contribution in [0.4, 0.5) is 0 Å². The fourth-order valence-electron chi connectivity index (χ4n) is 0.774. The highest BCUT2D eigenvalue weighted by atomic mass is 35.5. The summed E-state index contributed by atoms with van der Waals surface area (Å²) in [6.45, 7) is 0.373. The van der Waals surface area contributed by atoms with E-state index in [2.05, 4.69) is 5.32 Å². The van der Waals surface area contributed by atoms with E-state index < -0.39 is 5.24 Å². The van der Waals surface area contributed by atoms with E-state index in [-0.39, 0.29) is 18.2 Å². The lowest BCUT2D eigenvalue weighted by molar-refractivity contribution is -0.122. The average Bonchev–Trinajstić information content (AvgIpc) is 2.66. The molecule has 1 aliphatic rings. The van der Waals surface area contributed by atoms with Crippen molar-refractivity contribution in [3.05, 3.63) is 0 Å². The van der Waals surface area contributed by atoms with E-state index in [1.165, 1.54) is 0 Å². The van der Waals surface area contributed by atoms with Gasteiger partial charge in [0, 0.05) is 18.9 Å². The summed E-state index contributed by atoms with van der Waals surface area (Å²) in [7, 11) is 0. The normalized spacial score (nSPS) is 16.1. The van der Waals surface area contributed by atoms with E-state index >= 15 is 0 Å². The molecule has 0 spiro atoms. The largest absolute Gasteiger partial charge is 0.355 e. The quantitative estimate of drug-likeness (QED) is 0.639. The van der Waals surface area contributed by atoms with Crippen LogP contribution in [0.2, 0.25) is 0 Å². The van der Waals surface area contributed by atoms with Crippen molar-refractivity contribution in [2.24, 2.45) is 5.92 Å². The molecule has 0 radical (unpaired) electrons. The van der Waals surface area contributed by atoms with Crippen molar-refractivity contribution in [3.63, 3.8) is 0 Å². The summed E-state index contributed by atoms with van der Waals surface area (Å²) in [4.78, 5) is 21.1. The molecule has 3 nitrogen and oxygen atoms in total. The smallest absolute Gasteiger partial charge is 0.223 e. The molecular formula is C7H10ClNO2.